The third kappa shape index (κ3) is 9.04. The number of ether oxygens (including phenoxy) is 1. The average molecular weight is 393 g/mol. The van der Waals surface area contributed by atoms with E-state index >= 15 is 0 Å². The number of benzene rings is 1. The maximum absolute atomic E-state index is 11.6. The van der Waals surface area contributed by atoms with Crippen molar-refractivity contribution in [1.29, 1.82) is 0 Å². The molecule has 9 heteroatoms. The smallest absolute Gasteiger partial charge is 0.239 e. The largest absolute Gasteiger partial charge is 0.379 e. The normalized spacial score (nSPS) is 14.0. The van der Waals surface area contributed by atoms with Crippen LogP contribution < -0.4 is 16.4 Å². The van der Waals surface area contributed by atoms with Crippen molar-refractivity contribution in [1.82, 2.24) is 15.5 Å². The van der Waals surface area contributed by atoms with E-state index in [4.69, 9.17) is 10.5 Å². The Morgan fingerprint density at radius 1 is 1.00 bits per heavy atom. The predicted octanol–water partition coefficient (Wildman–Crippen LogP) is 0.0535. The summed E-state index contributed by atoms with van der Waals surface area (Å²) in [5.74, 6) is -0.572. The molecule has 1 saturated heterocycles. The molecular weight excluding hydrogens is 367 g/mol. The molecule has 0 radical (unpaired) electrons. The fourth-order valence-corrected chi connectivity index (χ4v) is 2.29. The summed E-state index contributed by atoms with van der Waals surface area (Å²) >= 11 is 0. The standard InChI is InChI=1S/C16H24N4O3.2ClH/c17-9-15(21)19-11-16(22)18-10-13-1-3-14(4-2-13)12-20-5-7-23-8-6-20;;/h1-4H,5-12,17H2,(H,18,22)(H,19,21);2*1H. The van der Waals surface area contributed by atoms with Crippen molar-refractivity contribution in [3.05, 3.63) is 35.4 Å². The first-order chi connectivity index (χ1) is 11.2. The van der Waals surface area contributed by atoms with E-state index in [1.165, 1.54) is 5.56 Å². The van der Waals surface area contributed by atoms with Gasteiger partial charge in [0.05, 0.1) is 26.3 Å². The van der Waals surface area contributed by atoms with Crippen molar-refractivity contribution in [3.63, 3.8) is 0 Å². The third-order valence-electron chi connectivity index (χ3n) is 3.65. The van der Waals surface area contributed by atoms with Crippen LogP contribution in [0.1, 0.15) is 11.1 Å². The first kappa shape index (κ1) is 23.6. The molecule has 2 rings (SSSR count). The van der Waals surface area contributed by atoms with Gasteiger partial charge in [0.15, 0.2) is 0 Å². The van der Waals surface area contributed by atoms with Crippen molar-refractivity contribution >= 4 is 36.6 Å². The Morgan fingerprint density at radius 3 is 2.20 bits per heavy atom. The van der Waals surface area contributed by atoms with E-state index in [9.17, 15) is 9.59 Å². The topological polar surface area (TPSA) is 96.7 Å². The highest BCUT2D eigenvalue weighted by Gasteiger charge is 2.10. The van der Waals surface area contributed by atoms with Crippen LogP contribution in [0, 0.1) is 0 Å². The highest BCUT2D eigenvalue weighted by Crippen LogP contribution is 2.09. The Labute approximate surface area is 160 Å². The number of hydrogen-bond donors (Lipinski definition) is 3. The number of morpholine rings is 1. The summed E-state index contributed by atoms with van der Waals surface area (Å²) in [5.41, 5.74) is 7.42. The van der Waals surface area contributed by atoms with E-state index in [1.807, 2.05) is 12.1 Å². The molecule has 0 bridgehead atoms. The molecule has 2 amide bonds. The summed E-state index contributed by atoms with van der Waals surface area (Å²) < 4.78 is 5.34. The van der Waals surface area contributed by atoms with Crippen molar-refractivity contribution in [2.45, 2.75) is 13.1 Å². The first-order valence-corrected chi connectivity index (χ1v) is 7.79. The first-order valence-electron chi connectivity index (χ1n) is 7.79. The minimum absolute atomic E-state index is 0. The molecule has 4 N–H and O–H groups in total. The van der Waals surface area contributed by atoms with Gasteiger partial charge in [0, 0.05) is 26.2 Å². The zero-order chi connectivity index (χ0) is 16.5. The molecule has 0 spiro atoms. The predicted molar refractivity (Wildman–Crippen MR) is 101 cm³/mol. The Morgan fingerprint density at radius 2 is 1.60 bits per heavy atom. The molecule has 7 nitrogen and oxygen atoms in total. The number of nitrogens with two attached hydrogens (primary N) is 1. The molecule has 1 aliphatic rings. The van der Waals surface area contributed by atoms with Gasteiger partial charge >= 0.3 is 0 Å². The maximum Gasteiger partial charge on any atom is 0.239 e. The van der Waals surface area contributed by atoms with Gasteiger partial charge in [0.1, 0.15) is 0 Å². The van der Waals surface area contributed by atoms with Crippen molar-refractivity contribution in [2.24, 2.45) is 5.73 Å². The molecule has 1 fully saturated rings. The van der Waals surface area contributed by atoms with Crippen LogP contribution in [-0.4, -0.2) is 56.1 Å². The van der Waals surface area contributed by atoms with Gasteiger partial charge in [-0.2, -0.15) is 0 Å². The summed E-state index contributed by atoms with van der Waals surface area (Å²) in [6.07, 6.45) is 0. The third-order valence-corrected chi connectivity index (χ3v) is 3.65. The van der Waals surface area contributed by atoms with E-state index in [2.05, 4.69) is 27.7 Å². The summed E-state index contributed by atoms with van der Waals surface area (Å²) in [6.45, 7) is 4.72. The lowest BCUT2D eigenvalue weighted by molar-refractivity contribution is -0.125. The maximum atomic E-state index is 11.6. The van der Waals surface area contributed by atoms with Crippen molar-refractivity contribution in [2.75, 3.05) is 39.4 Å². The molecule has 0 atom stereocenters. The monoisotopic (exact) mass is 392 g/mol. The zero-order valence-corrected chi connectivity index (χ0v) is 15.7. The summed E-state index contributed by atoms with van der Waals surface area (Å²) in [7, 11) is 0. The second kappa shape index (κ2) is 12.9. The lowest BCUT2D eigenvalue weighted by atomic mass is 10.1. The number of nitrogens with zero attached hydrogens (tertiary/aromatic N) is 1. The minimum Gasteiger partial charge on any atom is -0.379 e. The van der Waals surface area contributed by atoms with Crippen LogP contribution in [0.3, 0.4) is 0 Å². The number of hydrogen-bond acceptors (Lipinski definition) is 5. The van der Waals surface area contributed by atoms with Crippen LogP contribution in [0.15, 0.2) is 24.3 Å². The molecule has 1 aromatic carbocycles. The van der Waals surface area contributed by atoms with Crippen LogP contribution in [0.5, 0.6) is 0 Å². The second-order valence-electron chi connectivity index (χ2n) is 5.46. The van der Waals surface area contributed by atoms with Gasteiger partial charge in [0.2, 0.25) is 11.8 Å². The number of amides is 2. The molecule has 0 aromatic heterocycles. The zero-order valence-electron chi connectivity index (χ0n) is 14.0. The van der Waals surface area contributed by atoms with Crippen LogP contribution in [0.2, 0.25) is 0 Å². The molecular formula is C16H26Cl2N4O3. The van der Waals surface area contributed by atoms with Gasteiger partial charge in [0.25, 0.3) is 0 Å². The number of rotatable bonds is 7. The lowest BCUT2D eigenvalue weighted by Gasteiger charge is -2.26. The molecule has 25 heavy (non-hydrogen) atoms. The van der Waals surface area contributed by atoms with E-state index < -0.39 is 0 Å². The number of nitrogens with one attached hydrogen (secondary N) is 2. The lowest BCUT2D eigenvalue weighted by Crippen LogP contribution is -2.39. The molecule has 0 unspecified atom stereocenters. The average Bonchev–Trinajstić information content (AvgIpc) is 2.60. The second-order valence-corrected chi connectivity index (χ2v) is 5.46. The van der Waals surface area contributed by atoms with Crippen molar-refractivity contribution < 1.29 is 14.3 Å². The van der Waals surface area contributed by atoms with Gasteiger partial charge in [-0.1, -0.05) is 24.3 Å². The Kier molecular flexibility index (Phi) is 12.2. The molecule has 1 heterocycles. The molecule has 0 saturated carbocycles. The van der Waals surface area contributed by atoms with Crippen LogP contribution >= 0.6 is 24.8 Å². The molecule has 142 valence electrons. The van der Waals surface area contributed by atoms with Crippen molar-refractivity contribution in [3.8, 4) is 0 Å². The Balaban J connectivity index is 0.00000288. The highest BCUT2D eigenvalue weighted by molar-refractivity contribution is 5.86. The van der Waals surface area contributed by atoms with E-state index in [-0.39, 0.29) is 49.7 Å². The van der Waals surface area contributed by atoms with Crippen LogP contribution in [-0.2, 0) is 27.4 Å². The Bertz CT molecular complexity index is 523. The van der Waals surface area contributed by atoms with Gasteiger partial charge in [-0.15, -0.1) is 24.8 Å². The summed E-state index contributed by atoms with van der Waals surface area (Å²) in [6, 6.07) is 8.17. The Hall–Kier alpha value is -1.38. The van der Waals surface area contributed by atoms with Gasteiger partial charge < -0.3 is 21.1 Å². The van der Waals surface area contributed by atoms with Gasteiger partial charge in [-0.25, -0.2) is 0 Å². The number of carbonyl (C=O) groups is 2. The van der Waals surface area contributed by atoms with E-state index in [0.717, 1.165) is 38.4 Å². The fourth-order valence-electron chi connectivity index (χ4n) is 2.29. The quantitative estimate of drug-likeness (QED) is 0.609. The number of halogens is 2. The fraction of sp³-hybridized carbons (Fsp3) is 0.500. The minimum atomic E-state index is -0.340. The molecule has 1 aliphatic heterocycles. The number of carbonyl (C=O) groups excluding carboxylic acids is 2. The van der Waals surface area contributed by atoms with Gasteiger partial charge in [-0.05, 0) is 11.1 Å². The highest BCUT2D eigenvalue weighted by atomic mass is 35.5. The molecule has 1 aromatic rings. The van der Waals surface area contributed by atoms with E-state index in [0.29, 0.717) is 6.54 Å². The SMILES string of the molecule is Cl.Cl.NCC(=O)NCC(=O)NCc1ccc(CN2CCOCC2)cc1. The van der Waals surface area contributed by atoms with E-state index in [1.54, 1.807) is 0 Å². The molecule has 0 aliphatic carbocycles. The summed E-state index contributed by atoms with van der Waals surface area (Å²) in [5, 5.41) is 5.19. The van der Waals surface area contributed by atoms with Crippen LogP contribution in [0.25, 0.3) is 0 Å². The van der Waals surface area contributed by atoms with Gasteiger partial charge in [-0.3, -0.25) is 14.5 Å². The summed E-state index contributed by atoms with van der Waals surface area (Å²) in [4.78, 5) is 24.9. The van der Waals surface area contributed by atoms with Crippen LogP contribution in [0.4, 0.5) is 0 Å².